The van der Waals surface area contributed by atoms with Crippen molar-refractivity contribution in [1.82, 2.24) is 0 Å². The van der Waals surface area contributed by atoms with Crippen LogP contribution in [-0.4, -0.2) is 16.5 Å². The van der Waals surface area contributed by atoms with E-state index in [4.69, 9.17) is 20.5 Å². The number of hydrogen-bond acceptors (Lipinski definition) is 5. The van der Waals surface area contributed by atoms with Gasteiger partial charge in [-0.25, -0.2) is 0 Å². The normalized spacial score (nSPS) is 11.4. The van der Waals surface area contributed by atoms with E-state index in [2.05, 4.69) is 53.7 Å². The van der Waals surface area contributed by atoms with Gasteiger partial charge in [-0.05, 0) is 0 Å². The molecule has 0 amide bonds. The van der Waals surface area contributed by atoms with E-state index in [0.717, 1.165) is 39.9 Å². The summed E-state index contributed by atoms with van der Waals surface area (Å²) in [4.78, 5) is 0. The third kappa shape index (κ3) is 10.5. The quantitative estimate of drug-likeness (QED) is 0.225. The Balaban J connectivity index is 0.00000380. The number of furan rings is 1. The first-order valence-corrected chi connectivity index (χ1v) is 15.1. The Morgan fingerprint density at radius 3 is 1.46 bits per heavy atom. The number of rotatable bonds is 9. The minimum atomic E-state index is -2.82. The molecule has 0 saturated heterocycles. The Labute approximate surface area is 253 Å². The third-order valence-electron chi connectivity index (χ3n) is 5.49. The average Bonchev–Trinajstić information content (AvgIpc) is 3.26. The Morgan fingerprint density at radius 1 is 0.692 bits per heavy atom. The molecule has 0 aliphatic rings. The van der Waals surface area contributed by atoms with E-state index in [1.807, 2.05) is 68.4 Å². The van der Waals surface area contributed by atoms with E-state index >= 15 is 0 Å². The van der Waals surface area contributed by atoms with Crippen LogP contribution >= 0.6 is 24.8 Å². The zero-order valence-electron chi connectivity index (χ0n) is 24.8. The molecule has 216 valence electrons. The second kappa shape index (κ2) is 14.6. The molecule has 39 heavy (non-hydrogen) atoms. The largest absolute Gasteiger partial charge is 0.147 e. The van der Waals surface area contributed by atoms with Crippen LogP contribution in [-0.2, 0) is 29.0 Å². The van der Waals surface area contributed by atoms with Gasteiger partial charge in [0.1, 0.15) is 0 Å². The molecule has 8 heteroatoms. The minimum Gasteiger partial charge on any atom is -0.147 e. The summed E-state index contributed by atoms with van der Waals surface area (Å²) in [7, 11) is 0. The smallest absolute Gasteiger partial charge is 0.147 e. The summed E-state index contributed by atoms with van der Waals surface area (Å²) in [5.41, 5.74) is 1.85. The van der Waals surface area contributed by atoms with Gasteiger partial charge in [0.25, 0.3) is 0 Å². The number of benzene rings is 2. The van der Waals surface area contributed by atoms with E-state index in [9.17, 15) is 0 Å². The molecule has 0 saturated carbocycles. The van der Waals surface area contributed by atoms with Gasteiger partial charge in [0, 0.05) is 0 Å². The first kappa shape index (κ1) is 35.1. The van der Waals surface area contributed by atoms with Gasteiger partial charge in [0.15, 0.2) is 0 Å². The van der Waals surface area contributed by atoms with Crippen LogP contribution < -0.4 is 16.1 Å². The molecule has 0 spiro atoms. The molecule has 0 aliphatic carbocycles. The van der Waals surface area contributed by atoms with Gasteiger partial charge in [0.05, 0.1) is 0 Å². The molecule has 3 rings (SSSR count). The van der Waals surface area contributed by atoms with Gasteiger partial charge in [-0.15, -0.1) is 24.8 Å². The van der Waals surface area contributed by atoms with Crippen molar-refractivity contribution in [3.63, 3.8) is 0 Å². The second-order valence-electron chi connectivity index (χ2n) is 11.8. The molecule has 1 heterocycles. The maximum atomic E-state index is 6.71. The van der Waals surface area contributed by atoms with E-state index in [1.165, 1.54) is 0 Å². The van der Waals surface area contributed by atoms with Crippen LogP contribution in [0.4, 0.5) is 0 Å². The molecule has 5 nitrogen and oxygen atoms in total. The monoisotopic (exact) mass is 614 g/mol. The standard InChI is InChI=1S/2C13H20O2.C5H4O.2ClH.Ti/c2*1-9(2)15-10-6-7-12(14)11(8-10)13(3,4)5;1-5-3-2-4-6-5;;;/h2*6-9,14H,1-5H3;1-4H;2*1H;/q;;;;;+2/p-2. The molecule has 0 radical (unpaired) electrons. The summed E-state index contributed by atoms with van der Waals surface area (Å²) in [6.45, 7) is 21.2. The van der Waals surface area contributed by atoms with Crippen molar-refractivity contribution >= 4 is 29.1 Å². The zero-order chi connectivity index (χ0) is 27.4. The fourth-order valence-corrected chi connectivity index (χ4v) is 5.95. The SMILES string of the molecule is CC(C)Oc1ccc([O][Ti](=[CH]c2ccco2)[O]c2ccc(OC(C)C)cc2C(C)(C)C)c(C(C)(C)C)c1.Cl.Cl. The Kier molecular flexibility index (Phi) is 13.2. The fourth-order valence-electron chi connectivity index (χ4n) is 3.85. The van der Waals surface area contributed by atoms with E-state index in [-0.39, 0.29) is 47.9 Å². The first-order chi connectivity index (χ1) is 17.2. The molecule has 0 atom stereocenters. The summed E-state index contributed by atoms with van der Waals surface area (Å²) >= 11 is -2.82. The van der Waals surface area contributed by atoms with Gasteiger partial charge in [-0.1, -0.05) is 0 Å². The fraction of sp³-hybridized carbons (Fsp3) is 0.452. The number of halogens is 2. The Bertz CT molecular complexity index is 1130. The summed E-state index contributed by atoms with van der Waals surface area (Å²) < 4.78 is 33.0. The molecular weight excluding hydrogens is 571 g/mol. The number of ether oxygens (including phenoxy) is 2. The van der Waals surface area contributed by atoms with Crippen molar-refractivity contribution in [3.8, 4) is 23.0 Å². The van der Waals surface area contributed by atoms with Gasteiger partial charge >= 0.3 is 230 Å². The van der Waals surface area contributed by atoms with Gasteiger partial charge in [0.2, 0.25) is 0 Å². The molecule has 0 bridgehead atoms. The van der Waals surface area contributed by atoms with Crippen molar-refractivity contribution in [2.75, 3.05) is 0 Å². The van der Waals surface area contributed by atoms with Gasteiger partial charge in [-0.3, -0.25) is 0 Å². The van der Waals surface area contributed by atoms with Crippen molar-refractivity contribution < 1.29 is 38.7 Å². The van der Waals surface area contributed by atoms with Crippen molar-refractivity contribution in [2.24, 2.45) is 0 Å². The van der Waals surface area contributed by atoms with Crippen LogP contribution in [0.15, 0.2) is 59.2 Å². The molecule has 0 unspecified atom stereocenters. The molecule has 0 N–H and O–H groups in total. The maximum Gasteiger partial charge on any atom is -0.147 e. The number of hydrogen-bond donors (Lipinski definition) is 0. The molecule has 1 aromatic heterocycles. The zero-order valence-corrected chi connectivity index (χ0v) is 28.0. The van der Waals surface area contributed by atoms with Crippen LogP contribution in [0.3, 0.4) is 0 Å². The molecule has 0 aliphatic heterocycles. The second-order valence-corrected chi connectivity index (χ2v) is 13.9. The molecule has 2 aromatic carbocycles. The first-order valence-electron chi connectivity index (χ1n) is 13.0. The van der Waals surface area contributed by atoms with Crippen molar-refractivity contribution in [1.29, 1.82) is 0 Å². The predicted octanol–water partition coefficient (Wildman–Crippen LogP) is 9.05. The predicted molar refractivity (Wildman–Crippen MR) is 161 cm³/mol. The average molecular weight is 615 g/mol. The van der Waals surface area contributed by atoms with Gasteiger partial charge < -0.3 is 0 Å². The summed E-state index contributed by atoms with van der Waals surface area (Å²) in [6, 6.07) is 15.9. The maximum absolute atomic E-state index is 6.71. The Morgan fingerprint density at radius 2 is 1.13 bits per heavy atom. The molecule has 0 fully saturated rings. The van der Waals surface area contributed by atoms with E-state index < -0.39 is 18.2 Å². The minimum absolute atomic E-state index is 0. The van der Waals surface area contributed by atoms with Crippen molar-refractivity contribution in [3.05, 3.63) is 71.7 Å². The van der Waals surface area contributed by atoms with Crippen LogP contribution in [0.2, 0.25) is 0 Å². The van der Waals surface area contributed by atoms with Crippen LogP contribution in [0.1, 0.15) is 86.1 Å². The van der Waals surface area contributed by atoms with Crippen LogP contribution in [0.25, 0.3) is 0 Å². The Hall–Kier alpha value is -1.92. The summed E-state index contributed by atoms with van der Waals surface area (Å²) in [5, 5.41) is 0. The van der Waals surface area contributed by atoms with Gasteiger partial charge in [-0.2, -0.15) is 0 Å². The molecule has 3 aromatic rings. The van der Waals surface area contributed by atoms with E-state index in [0.29, 0.717) is 0 Å². The topological polar surface area (TPSA) is 50.1 Å². The molecular formula is C31H44Cl2O5Ti. The third-order valence-corrected chi connectivity index (χ3v) is 7.61. The van der Waals surface area contributed by atoms with E-state index in [1.54, 1.807) is 6.26 Å². The van der Waals surface area contributed by atoms with Crippen LogP contribution in [0.5, 0.6) is 23.0 Å². The van der Waals surface area contributed by atoms with Crippen LogP contribution in [0, 0.1) is 0 Å². The summed E-state index contributed by atoms with van der Waals surface area (Å²) in [5.74, 6) is 4.02. The van der Waals surface area contributed by atoms with Crippen molar-refractivity contribution in [2.45, 2.75) is 92.3 Å². The summed E-state index contributed by atoms with van der Waals surface area (Å²) in [6.07, 6.45) is 1.86.